The molecule has 0 aromatic rings. The van der Waals surface area contributed by atoms with Crippen LogP contribution in [0.1, 0.15) is 19.3 Å². The van der Waals surface area contributed by atoms with E-state index in [1.165, 1.54) is 0 Å². The summed E-state index contributed by atoms with van der Waals surface area (Å²) >= 11 is 0. The Morgan fingerprint density at radius 2 is 2.11 bits per heavy atom. The number of carboxylic acid groups (broad SMARTS) is 1. The highest BCUT2D eigenvalue weighted by Gasteiger charge is 2.40. The van der Waals surface area contributed by atoms with E-state index < -0.39 is 23.3 Å². The van der Waals surface area contributed by atoms with Crippen LogP contribution in [0.25, 0.3) is 0 Å². The fraction of sp³-hybridized carbons (Fsp3) is 0.667. The third kappa shape index (κ3) is 3.45. The van der Waals surface area contributed by atoms with E-state index in [1.54, 1.807) is 0 Å². The van der Waals surface area contributed by atoms with Crippen molar-refractivity contribution in [2.75, 3.05) is 19.8 Å². The van der Waals surface area contributed by atoms with Gasteiger partial charge in [-0.3, -0.25) is 9.59 Å². The Balaban J connectivity index is 2.55. The zero-order chi connectivity index (χ0) is 13.6. The molecule has 0 aromatic heterocycles. The predicted octanol–water partition coefficient (Wildman–Crippen LogP) is -0.665. The first-order valence-corrected chi connectivity index (χ1v) is 5.80. The van der Waals surface area contributed by atoms with E-state index in [4.69, 9.17) is 16.9 Å². The maximum absolute atomic E-state index is 11.6. The average molecular weight is 254 g/mol. The minimum Gasteiger partial charge on any atom is -0.481 e. The quantitative estimate of drug-likeness (QED) is 0.565. The third-order valence-corrected chi connectivity index (χ3v) is 3.18. The Bertz CT molecular complexity index is 356. The molecular weight excluding hydrogens is 236 g/mol. The Kier molecular flexibility index (Phi) is 5.13. The summed E-state index contributed by atoms with van der Waals surface area (Å²) < 4.78 is 5.14. The molecule has 18 heavy (non-hydrogen) atoms. The summed E-state index contributed by atoms with van der Waals surface area (Å²) in [5.41, 5.74) is 4.58. The van der Waals surface area contributed by atoms with Crippen LogP contribution in [0.4, 0.5) is 0 Å². The van der Waals surface area contributed by atoms with Gasteiger partial charge in [-0.05, 0) is 12.8 Å². The van der Waals surface area contributed by atoms with Crippen LogP contribution in [0.15, 0.2) is 0 Å². The molecule has 0 radical (unpaired) electrons. The lowest BCUT2D eigenvalue weighted by Gasteiger charge is -2.33. The highest BCUT2D eigenvalue weighted by Crippen LogP contribution is 2.30. The molecule has 1 unspecified atom stereocenters. The lowest BCUT2D eigenvalue weighted by molar-refractivity contribution is -0.154. The van der Waals surface area contributed by atoms with Crippen LogP contribution < -0.4 is 11.1 Å². The SMILES string of the molecule is C#CCC(N)C(=O)NCC1(C(=O)O)CCOCC1. The van der Waals surface area contributed by atoms with Gasteiger partial charge in [-0.1, -0.05) is 0 Å². The van der Waals surface area contributed by atoms with E-state index in [0.717, 1.165) is 0 Å². The lowest BCUT2D eigenvalue weighted by atomic mass is 9.80. The lowest BCUT2D eigenvalue weighted by Crippen LogP contribution is -2.50. The van der Waals surface area contributed by atoms with Gasteiger partial charge < -0.3 is 20.9 Å². The number of hydrogen-bond acceptors (Lipinski definition) is 4. The van der Waals surface area contributed by atoms with Gasteiger partial charge in [0.15, 0.2) is 0 Å². The first-order valence-electron chi connectivity index (χ1n) is 5.80. The summed E-state index contributed by atoms with van der Waals surface area (Å²) in [4.78, 5) is 22.9. The summed E-state index contributed by atoms with van der Waals surface area (Å²) in [6, 6.07) is -0.791. The second kappa shape index (κ2) is 6.38. The van der Waals surface area contributed by atoms with E-state index in [9.17, 15) is 14.7 Å². The first-order chi connectivity index (χ1) is 8.52. The normalized spacial score (nSPS) is 19.6. The summed E-state index contributed by atoms with van der Waals surface area (Å²) in [7, 11) is 0. The number of carbonyl (C=O) groups excluding carboxylic acids is 1. The zero-order valence-electron chi connectivity index (χ0n) is 10.1. The monoisotopic (exact) mass is 254 g/mol. The molecular formula is C12H18N2O4. The van der Waals surface area contributed by atoms with E-state index >= 15 is 0 Å². The topological polar surface area (TPSA) is 102 Å². The third-order valence-electron chi connectivity index (χ3n) is 3.18. The van der Waals surface area contributed by atoms with Crippen molar-refractivity contribution in [1.82, 2.24) is 5.32 Å². The van der Waals surface area contributed by atoms with E-state index in [1.807, 2.05) is 0 Å². The Morgan fingerprint density at radius 3 is 2.61 bits per heavy atom. The number of ether oxygens (including phenoxy) is 1. The van der Waals surface area contributed by atoms with Gasteiger partial charge in [0.1, 0.15) is 0 Å². The first kappa shape index (κ1) is 14.5. The van der Waals surface area contributed by atoms with E-state index in [-0.39, 0.29) is 13.0 Å². The second-order valence-corrected chi connectivity index (χ2v) is 4.43. The average Bonchev–Trinajstić information content (AvgIpc) is 2.37. The molecule has 0 spiro atoms. The van der Waals surface area contributed by atoms with Crippen molar-refractivity contribution in [1.29, 1.82) is 0 Å². The van der Waals surface area contributed by atoms with Crippen LogP contribution in [-0.2, 0) is 14.3 Å². The molecule has 1 aliphatic heterocycles. The molecule has 6 nitrogen and oxygen atoms in total. The molecule has 1 aliphatic rings. The smallest absolute Gasteiger partial charge is 0.311 e. The van der Waals surface area contributed by atoms with Gasteiger partial charge in [0.05, 0.1) is 11.5 Å². The maximum Gasteiger partial charge on any atom is 0.311 e. The number of aliphatic carboxylic acids is 1. The van der Waals surface area contributed by atoms with Crippen LogP contribution in [0.5, 0.6) is 0 Å². The minimum atomic E-state index is -0.955. The number of rotatable bonds is 5. The summed E-state index contributed by atoms with van der Waals surface area (Å²) in [6.07, 6.45) is 5.96. The Morgan fingerprint density at radius 1 is 1.50 bits per heavy atom. The van der Waals surface area contributed by atoms with Gasteiger partial charge >= 0.3 is 5.97 Å². The van der Waals surface area contributed by atoms with Crippen molar-refractivity contribution >= 4 is 11.9 Å². The van der Waals surface area contributed by atoms with Crippen molar-refractivity contribution in [3.8, 4) is 12.3 Å². The number of hydrogen-bond donors (Lipinski definition) is 3. The zero-order valence-corrected chi connectivity index (χ0v) is 10.1. The summed E-state index contributed by atoms with van der Waals surface area (Å²) in [6.45, 7) is 0.833. The second-order valence-electron chi connectivity index (χ2n) is 4.43. The van der Waals surface area contributed by atoms with Gasteiger partial charge in [-0.15, -0.1) is 12.3 Å². The molecule has 1 rings (SSSR count). The number of nitrogens with one attached hydrogen (secondary N) is 1. The molecule has 1 amide bonds. The van der Waals surface area contributed by atoms with Crippen molar-refractivity contribution < 1.29 is 19.4 Å². The van der Waals surface area contributed by atoms with Crippen LogP contribution >= 0.6 is 0 Å². The van der Waals surface area contributed by atoms with Crippen LogP contribution in [0.3, 0.4) is 0 Å². The Hall–Kier alpha value is -1.58. The summed E-state index contributed by atoms with van der Waals surface area (Å²) in [5, 5.41) is 11.8. The minimum absolute atomic E-state index is 0.0583. The molecule has 0 bridgehead atoms. The Labute approximate surface area is 106 Å². The van der Waals surface area contributed by atoms with E-state index in [2.05, 4.69) is 11.2 Å². The standard InChI is InChI=1S/C12H18N2O4/c1-2-3-9(13)10(15)14-8-12(11(16)17)4-6-18-7-5-12/h1,9H,3-8,13H2,(H,14,15)(H,16,17). The largest absolute Gasteiger partial charge is 0.481 e. The predicted molar refractivity (Wildman–Crippen MR) is 64.6 cm³/mol. The van der Waals surface area contributed by atoms with E-state index in [0.29, 0.717) is 26.1 Å². The maximum atomic E-state index is 11.6. The van der Waals surface area contributed by atoms with Crippen molar-refractivity contribution in [3.63, 3.8) is 0 Å². The fourth-order valence-corrected chi connectivity index (χ4v) is 1.84. The van der Waals surface area contributed by atoms with Gasteiger partial charge in [0, 0.05) is 26.2 Å². The molecule has 1 atom stereocenters. The van der Waals surface area contributed by atoms with Crippen LogP contribution in [0, 0.1) is 17.8 Å². The molecule has 100 valence electrons. The molecule has 0 aliphatic carbocycles. The fourth-order valence-electron chi connectivity index (χ4n) is 1.84. The number of amides is 1. The van der Waals surface area contributed by atoms with Gasteiger partial charge in [-0.25, -0.2) is 0 Å². The van der Waals surface area contributed by atoms with Crippen molar-refractivity contribution in [3.05, 3.63) is 0 Å². The number of carbonyl (C=O) groups is 2. The van der Waals surface area contributed by atoms with Gasteiger partial charge in [-0.2, -0.15) is 0 Å². The molecule has 0 aromatic carbocycles. The molecule has 1 heterocycles. The van der Waals surface area contributed by atoms with Crippen LogP contribution in [-0.4, -0.2) is 42.8 Å². The number of nitrogens with two attached hydrogens (primary N) is 1. The molecule has 1 saturated heterocycles. The highest BCUT2D eigenvalue weighted by atomic mass is 16.5. The summed E-state index contributed by atoms with van der Waals surface area (Å²) in [5.74, 6) is 0.960. The molecule has 4 N–H and O–H groups in total. The van der Waals surface area contributed by atoms with Gasteiger partial charge in [0.2, 0.25) is 5.91 Å². The highest BCUT2D eigenvalue weighted by molar-refractivity contribution is 5.83. The molecule has 6 heteroatoms. The molecule has 1 fully saturated rings. The van der Waals surface area contributed by atoms with Crippen molar-refractivity contribution in [2.45, 2.75) is 25.3 Å². The number of terminal acetylenes is 1. The number of carboxylic acids is 1. The van der Waals surface area contributed by atoms with Crippen LogP contribution in [0.2, 0.25) is 0 Å². The van der Waals surface area contributed by atoms with Gasteiger partial charge in [0.25, 0.3) is 0 Å². The van der Waals surface area contributed by atoms with Crippen molar-refractivity contribution in [2.24, 2.45) is 11.1 Å². The molecule has 0 saturated carbocycles.